The molecule has 1 aliphatic rings. The molecule has 0 radical (unpaired) electrons. The van der Waals surface area contributed by atoms with Crippen LogP contribution in [0.25, 0.3) is 31.9 Å². The van der Waals surface area contributed by atoms with Gasteiger partial charge in [-0.3, -0.25) is 9.69 Å². The zero-order valence-corrected chi connectivity index (χ0v) is 22.4. The molecule has 1 aromatic heterocycles. The monoisotopic (exact) mass is 519 g/mol. The predicted octanol–water partition coefficient (Wildman–Crippen LogP) is 6.75. The number of rotatable bonds is 6. The minimum absolute atomic E-state index is 0.0369. The number of hydrogen-bond acceptors (Lipinski definition) is 5. The van der Waals surface area contributed by atoms with E-state index in [0.717, 1.165) is 69.2 Å². The molecule has 186 valence electrons. The first-order valence-corrected chi connectivity index (χ1v) is 13.5. The zero-order valence-electron chi connectivity index (χ0n) is 20.8. The average molecular weight is 520 g/mol. The van der Waals surface area contributed by atoms with Crippen LogP contribution in [0, 0.1) is 6.92 Å². The SMILES string of the molecule is Cc1cc2nc(-c3cccc(N4CCN(C(C)C)CC4)c3)sc2c(-c2ccc(Cl)cc2)c1CC(=O)O. The molecule has 1 N–H and O–H groups in total. The van der Waals surface area contributed by atoms with E-state index in [-0.39, 0.29) is 6.42 Å². The molecule has 0 amide bonds. The highest BCUT2D eigenvalue weighted by molar-refractivity contribution is 7.22. The van der Waals surface area contributed by atoms with E-state index in [1.165, 1.54) is 5.69 Å². The molecule has 0 aliphatic carbocycles. The Balaban J connectivity index is 1.56. The fourth-order valence-electron chi connectivity index (χ4n) is 4.99. The molecule has 3 aromatic carbocycles. The summed E-state index contributed by atoms with van der Waals surface area (Å²) < 4.78 is 1.00. The van der Waals surface area contributed by atoms with Crippen LogP contribution in [0.5, 0.6) is 0 Å². The lowest BCUT2D eigenvalue weighted by Crippen LogP contribution is -2.48. The smallest absolute Gasteiger partial charge is 0.307 e. The molecular formula is C29H30ClN3O2S. The molecule has 0 saturated carbocycles. The summed E-state index contributed by atoms with van der Waals surface area (Å²) in [7, 11) is 0. The van der Waals surface area contributed by atoms with E-state index < -0.39 is 5.97 Å². The Kier molecular flexibility index (Phi) is 7.02. The van der Waals surface area contributed by atoms with Crippen molar-refractivity contribution in [2.75, 3.05) is 31.1 Å². The van der Waals surface area contributed by atoms with Gasteiger partial charge in [0.25, 0.3) is 0 Å². The minimum atomic E-state index is -0.845. The second-order valence-electron chi connectivity index (χ2n) is 9.66. The summed E-state index contributed by atoms with van der Waals surface area (Å²) in [6, 6.07) is 18.8. The van der Waals surface area contributed by atoms with Crippen molar-refractivity contribution in [2.45, 2.75) is 33.2 Å². The van der Waals surface area contributed by atoms with Crippen LogP contribution in [0.1, 0.15) is 25.0 Å². The van der Waals surface area contributed by atoms with E-state index >= 15 is 0 Å². The van der Waals surface area contributed by atoms with E-state index in [1.54, 1.807) is 11.3 Å². The van der Waals surface area contributed by atoms with E-state index in [9.17, 15) is 9.90 Å². The number of nitrogens with zero attached hydrogens (tertiary/aromatic N) is 3. The largest absolute Gasteiger partial charge is 0.481 e. The maximum atomic E-state index is 11.7. The first-order chi connectivity index (χ1) is 17.3. The van der Waals surface area contributed by atoms with Crippen LogP contribution in [-0.4, -0.2) is 53.2 Å². The lowest BCUT2D eigenvalue weighted by Gasteiger charge is -2.38. The molecular weight excluding hydrogens is 490 g/mol. The van der Waals surface area contributed by atoms with Crippen molar-refractivity contribution >= 4 is 44.8 Å². The zero-order chi connectivity index (χ0) is 25.4. The predicted molar refractivity (Wildman–Crippen MR) is 151 cm³/mol. The van der Waals surface area contributed by atoms with Gasteiger partial charge in [0.2, 0.25) is 0 Å². The van der Waals surface area contributed by atoms with Crippen LogP contribution in [0.3, 0.4) is 0 Å². The van der Waals surface area contributed by atoms with Crippen molar-refractivity contribution in [1.29, 1.82) is 0 Å². The maximum absolute atomic E-state index is 11.7. The minimum Gasteiger partial charge on any atom is -0.481 e. The van der Waals surface area contributed by atoms with Crippen molar-refractivity contribution < 1.29 is 9.90 Å². The number of carboxylic acids is 1. The van der Waals surface area contributed by atoms with Gasteiger partial charge in [0.15, 0.2) is 0 Å². The Morgan fingerprint density at radius 2 is 1.78 bits per heavy atom. The fourth-order valence-corrected chi connectivity index (χ4v) is 6.25. The quantitative estimate of drug-likeness (QED) is 0.305. The Hall–Kier alpha value is -2.93. The summed E-state index contributed by atoms with van der Waals surface area (Å²) in [6.07, 6.45) is -0.0369. The third-order valence-electron chi connectivity index (χ3n) is 6.98. The molecule has 4 aromatic rings. The van der Waals surface area contributed by atoms with Crippen LogP contribution in [0.15, 0.2) is 54.6 Å². The van der Waals surface area contributed by atoms with Gasteiger partial charge in [-0.25, -0.2) is 4.98 Å². The highest BCUT2D eigenvalue weighted by Crippen LogP contribution is 2.41. The van der Waals surface area contributed by atoms with E-state index in [0.29, 0.717) is 11.1 Å². The van der Waals surface area contributed by atoms with Crippen LogP contribution in [-0.2, 0) is 11.2 Å². The van der Waals surface area contributed by atoms with Gasteiger partial charge in [0, 0.05) is 54.1 Å². The highest BCUT2D eigenvalue weighted by atomic mass is 35.5. The van der Waals surface area contributed by atoms with Crippen molar-refractivity contribution in [1.82, 2.24) is 9.88 Å². The van der Waals surface area contributed by atoms with Crippen LogP contribution in [0.2, 0.25) is 5.02 Å². The van der Waals surface area contributed by atoms with Gasteiger partial charge in [0.05, 0.1) is 16.6 Å². The second kappa shape index (κ2) is 10.2. The summed E-state index contributed by atoms with van der Waals surface area (Å²) in [4.78, 5) is 21.7. The number of halogens is 1. The molecule has 0 bridgehead atoms. The van der Waals surface area contributed by atoms with Gasteiger partial charge < -0.3 is 10.0 Å². The molecule has 1 saturated heterocycles. The summed E-state index contributed by atoms with van der Waals surface area (Å²) in [6.45, 7) is 10.6. The normalized spacial score (nSPS) is 14.6. The van der Waals surface area contributed by atoms with Crippen LogP contribution in [0.4, 0.5) is 5.69 Å². The van der Waals surface area contributed by atoms with Gasteiger partial charge in [-0.15, -0.1) is 11.3 Å². The number of aryl methyl sites for hydroxylation is 1. The van der Waals surface area contributed by atoms with Crippen LogP contribution < -0.4 is 4.90 Å². The molecule has 1 fully saturated rings. The number of anilines is 1. The Bertz CT molecular complexity index is 1410. The summed E-state index contributed by atoms with van der Waals surface area (Å²) in [5, 5.41) is 11.2. The van der Waals surface area contributed by atoms with Crippen molar-refractivity contribution in [2.24, 2.45) is 0 Å². The Labute approximate surface area is 221 Å². The average Bonchev–Trinajstić information content (AvgIpc) is 3.28. The van der Waals surface area contributed by atoms with E-state index in [2.05, 4.69) is 47.9 Å². The lowest BCUT2D eigenvalue weighted by molar-refractivity contribution is -0.136. The maximum Gasteiger partial charge on any atom is 0.307 e. The van der Waals surface area contributed by atoms with Gasteiger partial charge in [0.1, 0.15) is 5.01 Å². The van der Waals surface area contributed by atoms with Crippen molar-refractivity contribution in [3.05, 3.63) is 70.7 Å². The van der Waals surface area contributed by atoms with Crippen molar-refractivity contribution in [3.8, 4) is 21.7 Å². The number of carbonyl (C=O) groups is 1. The van der Waals surface area contributed by atoms with Gasteiger partial charge in [-0.05, 0) is 67.8 Å². The van der Waals surface area contributed by atoms with E-state index in [1.807, 2.05) is 37.3 Å². The number of hydrogen-bond donors (Lipinski definition) is 1. The molecule has 7 heteroatoms. The fraction of sp³-hybridized carbons (Fsp3) is 0.310. The topological polar surface area (TPSA) is 56.7 Å². The molecule has 5 rings (SSSR count). The Morgan fingerprint density at radius 1 is 1.06 bits per heavy atom. The molecule has 36 heavy (non-hydrogen) atoms. The van der Waals surface area contributed by atoms with Gasteiger partial charge >= 0.3 is 5.97 Å². The molecule has 0 spiro atoms. The summed E-state index contributed by atoms with van der Waals surface area (Å²) in [5.41, 5.74) is 6.84. The first kappa shape index (κ1) is 24.8. The molecule has 0 atom stereocenters. The Morgan fingerprint density at radius 3 is 2.44 bits per heavy atom. The number of benzene rings is 3. The van der Waals surface area contributed by atoms with Gasteiger partial charge in [-0.2, -0.15) is 0 Å². The number of fused-ring (bicyclic) bond motifs is 1. The molecule has 1 aliphatic heterocycles. The first-order valence-electron chi connectivity index (χ1n) is 12.3. The van der Waals surface area contributed by atoms with Crippen LogP contribution >= 0.6 is 22.9 Å². The second-order valence-corrected chi connectivity index (χ2v) is 11.1. The number of piperazine rings is 1. The molecule has 5 nitrogen and oxygen atoms in total. The third kappa shape index (κ3) is 4.99. The standard InChI is InChI=1S/C29H30ClN3O2S/c1-18(2)32-11-13-33(14-12-32)23-6-4-5-21(16-23)29-31-25-15-19(3)24(17-26(34)35)27(28(25)36-29)20-7-9-22(30)10-8-20/h4-10,15-16,18H,11-14,17H2,1-3H3,(H,34,35). The highest BCUT2D eigenvalue weighted by Gasteiger charge is 2.21. The lowest BCUT2D eigenvalue weighted by atomic mass is 9.93. The van der Waals surface area contributed by atoms with Crippen molar-refractivity contribution in [3.63, 3.8) is 0 Å². The number of aromatic nitrogens is 1. The van der Waals surface area contributed by atoms with Gasteiger partial charge in [-0.1, -0.05) is 35.9 Å². The van der Waals surface area contributed by atoms with E-state index in [4.69, 9.17) is 16.6 Å². The molecule has 0 unspecified atom stereocenters. The molecule has 2 heterocycles. The summed E-state index contributed by atoms with van der Waals surface area (Å²) >= 11 is 7.77. The summed E-state index contributed by atoms with van der Waals surface area (Å²) in [5.74, 6) is -0.845. The number of thiazole rings is 1. The third-order valence-corrected chi connectivity index (χ3v) is 8.36. The number of aliphatic carboxylic acids is 1. The number of carboxylic acid groups (broad SMARTS) is 1.